The van der Waals surface area contributed by atoms with Gasteiger partial charge < -0.3 is 0 Å². The molecular weight excluding hydrogens is 408 g/mol. The number of rotatable bonds is 10. The Balaban J connectivity index is 3.19. The van der Waals surface area contributed by atoms with E-state index in [9.17, 15) is 0 Å². The zero-order chi connectivity index (χ0) is 15.7. The van der Waals surface area contributed by atoms with E-state index in [2.05, 4.69) is 20.8 Å². The van der Waals surface area contributed by atoms with Crippen LogP contribution in [0.4, 0.5) is 0 Å². The average Bonchev–Trinajstić information content (AvgIpc) is 2.50. The van der Waals surface area contributed by atoms with E-state index >= 15 is 0 Å². The van der Waals surface area contributed by atoms with Crippen molar-refractivity contribution >= 4 is 45.3 Å². The zero-order valence-electron chi connectivity index (χ0n) is 13.7. The maximum atomic E-state index is 6.57. The fourth-order valence-electron chi connectivity index (χ4n) is 3.07. The molecule has 1 aromatic rings. The SMILES string of the molecule is CCC[CH2][Sn]([CH2]CCC)([CH2]CCC)[c]1nccc(Cl)c1Cl. The molecule has 0 radical (unpaired) electrons. The summed E-state index contributed by atoms with van der Waals surface area (Å²) in [7, 11) is 0. The first-order valence-corrected chi connectivity index (χ1v) is 16.7. The van der Waals surface area contributed by atoms with Gasteiger partial charge in [-0.1, -0.05) is 0 Å². The monoisotopic (exact) mass is 437 g/mol. The van der Waals surface area contributed by atoms with Crippen molar-refractivity contribution < 1.29 is 0 Å². The third-order valence-corrected chi connectivity index (χ3v) is 20.8. The van der Waals surface area contributed by atoms with E-state index in [1.807, 2.05) is 12.3 Å². The minimum absolute atomic E-state index is 0.687. The summed E-state index contributed by atoms with van der Waals surface area (Å²) in [5, 5.41) is 1.45. The first-order valence-electron chi connectivity index (χ1n) is 8.41. The Morgan fingerprint density at radius 2 is 1.38 bits per heavy atom. The van der Waals surface area contributed by atoms with Gasteiger partial charge in [0, 0.05) is 0 Å². The molecule has 0 N–H and O–H groups in total. The minimum atomic E-state index is -2.53. The summed E-state index contributed by atoms with van der Waals surface area (Å²) < 4.78 is 5.36. The molecule has 0 unspecified atom stereocenters. The van der Waals surface area contributed by atoms with Crippen molar-refractivity contribution in [2.75, 3.05) is 0 Å². The summed E-state index contributed by atoms with van der Waals surface area (Å²) in [5.74, 6) is 0. The van der Waals surface area contributed by atoms with Gasteiger partial charge >= 0.3 is 145 Å². The maximum absolute atomic E-state index is 6.57. The van der Waals surface area contributed by atoms with Gasteiger partial charge in [-0.05, 0) is 0 Å². The summed E-state index contributed by atoms with van der Waals surface area (Å²) in [6.45, 7) is 6.84. The van der Waals surface area contributed by atoms with Crippen LogP contribution in [0.2, 0.25) is 23.4 Å². The van der Waals surface area contributed by atoms with Gasteiger partial charge in [0.05, 0.1) is 0 Å². The third kappa shape index (κ3) is 5.58. The van der Waals surface area contributed by atoms with Crippen LogP contribution in [0.25, 0.3) is 0 Å². The van der Waals surface area contributed by atoms with Crippen molar-refractivity contribution in [1.82, 2.24) is 4.98 Å². The third-order valence-electron chi connectivity index (χ3n) is 4.37. The molecule has 120 valence electrons. The van der Waals surface area contributed by atoms with Crippen molar-refractivity contribution in [3.63, 3.8) is 0 Å². The van der Waals surface area contributed by atoms with Gasteiger partial charge in [-0.15, -0.1) is 0 Å². The number of hydrogen-bond donors (Lipinski definition) is 0. The molecule has 0 aromatic carbocycles. The summed E-state index contributed by atoms with van der Waals surface area (Å²) in [5.41, 5.74) is 0. The predicted octanol–water partition coefficient (Wildman–Crippen LogP) is 6.44. The molecule has 0 aliphatic carbocycles. The summed E-state index contributed by atoms with van der Waals surface area (Å²) in [4.78, 5) is 4.75. The van der Waals surface area contributed by atoms with Crippen LogP contribution >= 0.6 is 23.2 Å². The van der Waals surface area contributed by atoms with E-state index in [1.54, 1.807) is 0 Å². The second-order valence-electron chi connectivity index (χ2n) is 6.05. The predicted molar refractivity (Wildman–Crippen MR) is 98.8 cm³/mol. The molecule has 0 bridgehead atoms. The fraction of sp³-hybridized carbons (Fsp3) is 0.706. The number of hydrogen-bond acceptors (Lipinski definition) is 1. The number of halogens is 2. The van der Waals surface area contributed by atoms with E-state index < -0.39 is 18.4 Å². The van der Waals surface area contributed by atoms with E-state index in [-0.39, 0.29) is 0 Å². The van der Waals surface area contributed by atoms with Crippen LogP contribution in [0.3, 0.4) is 0 Å². The molecule has 1 nitrogen and oxygen atoms in total. The molecule has 0 fully saturated rings. The van der Waals surface area contributed by atoms with Crippen molar-refractivity contribution in [2.24, 2.45) is 0 Å². The Morgan fingerprint density at radius 3 is 1.81 bits per heavy atom. The van der Waals surface area contributed by atoms with Crippen molar-refractivity contribution in [1.29, 1.82) is 0 Å². The van der Waals surface area contributed by atoms with Gasteiger partial charge in [-0.3, -0.25) is 0 Å². The van der Waals surface area contributed by atoms with Gasteiger partial charge in [0.15, 0.2) is 0 Å². The fourth-order valence-corrected chi connectivity index (χ4v) is 20.6. The first kappa shape index (κ1) is 19.6. The van der Waals surface area contributed by atoms with E-state index in [4.69, 9.17) is 28.2 Å². The average molecular weight is 437 g/mol. The standard InChI is InChI=1S/C5H2Cl2N.3C4H9.Sn/c6-4-1-2-8-3-5(4)7;3*1-3-4-2;/h1-2H;3*1,3-4H2,2H3;. The Morgan fingerprint density at radius 1 is 0.905 bits per heavy atom. The topological polar surface area (TPSA) is 12.9 Å². The molecule has 1 aromatic heterocycles. The van der Waals surface area contributed by atoms with Crippen LogP contribution in [-0.4, -0.2) is 23.4 Å². The van der Waals surface area contributed by atoms with Crippen LogP contribution in [-0.2, 0) is 0 Å². The summed E-state index contributed by atoms with van der Waals surface area (Å²) >= 11 is 10.3. The van der Waals surface area contributed by atoms with Crippen molar-refractivity contribution in [3.05, 3.63) is 22.3 Å². The molecule has 4 heteroatoms. The van der Waals surface area contributed by atoms with Crippen LogP contribution in [0, 0.1) is 0 Å². The van der Waals surface area contributed by atoms with Crippen LogP contribution in [0.1, 0.15) is 59.3 Å². The Labute approximate surface area is 144 Å². The number of aromatic nitrogens is 1. The molecule has 0 atom stereocenters. The molecule has 0 amide bonds. The van der Waals surface area contributed by atoms with E-state index in [0.717, 1.165) is 5.02 Å². The number of unbranched alkanes of at least 4 members (excludes halogenated alkanes) is 3. The van der Waals surface area contributed by atoms with Gasteiger partial charge in [0.1, 0.15) is 0 Å². The summed E-state index contributed by atoms with van der Waals surface area (Å²) in [6, 6.07) is 1.82. The van der Waals surface area contributed by atoms with E-state index in [0.29, 0.717) is 5.02 Å². The zero-order valence-corrected chi connectivity index (χ0v) is 18.1. The Bertz CT molecular complexity index is 401. The van der Waals surface area contributed by atoms with Gasteiger partial charge in [-0.2, -0.15) is 0 Å². The molecule has 0 saturated carbocycles. The van der Waals surface area contributed by atoms with Gasteiger partial charge in [0.25, 0.3) is 0 Å². The molecule has 0 spiro atoms. The van der Waals surface area contributed by atoms with Crippen LogP contribution in [0.15, 0.2) is 12.3 Å². The van der Waals surface area contributed by atoms with Crippen molar-refractivity contribution in [2.45, 2.75) is 72.6 Å². The van der Waals surface area contributed by atoms with Gasteiger partial charge in [-0.25, -0.2) is 0 Å². The molecular formula is C17H29Cl2NSn. The molecule has 1 heterocycles. The quantitative estimate of drug-likeness (QED) is 0.384. The summed E-state index contributed by atoms with van der Waals surface area (Å²) in [6.07, 6.45) is 9.58. The molecule has 0 saturated heterocycles. The van der Waals surface area contributed by atoms with E-state index in [1.165, 1.54) is 55.5 Å². The number of pyridine rings is 1. The Kier molecular flexibility index (Phi) is 9.63. The molecule has 1 rings (SSSR count). The van der Waals surface area contributed by atoms with Crippen LogP contribution in [0.5, 0.6) is 0 Å². The number of nitrogens with zero attached hydrogens (tertiary/aromatic N) is 1. The Hall–Kier alpha value is 0.529. The second kappa shape index (κ2) is 10.3. The first-order chi connectivity index (χ1) is 10.1. The van der Waals surface area contributed by atoms with Gasteiger partial charge in [0.2, 0.25) is 0 Å². The molecule has 21 heavy (non-hydrogen) atoms. The normalized spacial score (nSPS) is 11.9. The molecule has 0 aliphatic heterocycles. The molecule has 0 aliphatic rings. The van der Waals surface area contributed by atoms with Crippen molar-refractivity contribution in [3.8, 4) is 0 Å². The second-order valence-corrected chi connectivity index (χ2v) is 19.8. The van der Waals surface area contributed by atoms with Crippen LogP contribution < -0.4 is 3.71 Å².